The number of amides is 2. The van der Waals surface area contributed by atoms with Gasteiger partial charge in [0.15, 0.2) is 0 Å². The van der Waals surface area contributed by atoms with E-state index >= 15 is 0 Å². The fourth-order valence-corrected chi connectivity index (χ4v) is 4.75. The van der Waals surface area contributed by atoms with Gasteiger partial charge in [-0.1, -0.05) is 44.2 Å². The highest BCUT2D eigenvalue weighted by molar-refractivity contribution is 6.12. The Kier molecular flexibility index (Phi) is 9.03. The van der Waals surface area contributed by atoms with Crippen LogP contribution in [0.25, 0.3) is 22.3 Å². The van der Waals surface area contributed by atoms with Crippen molar-refractivity contribution in [2.75, 3.05) is 5.32 Å². The summed E-state index contributed by atoms with van der Waals surface area (Å²) in [5.74, 6) is -4.08. The predicted octanol–water partition coefficient (Wildman–Crippen LogP) is 6.34. The fraction of sp³-hybridized carbons (Fsp3) is 0.176. The van der Waals surface area contributed by atoms with Crippen LogP contribution in [-0.2, 0) is 0 Å². The standard InChI is InChI=1S/C34H32N2O8/c1-17(2)23-9-5-21(15-29(23)37)22-8-12-28(30(38)16-22)36-32(40)27-14-20(7-11-25(27)34(43)44)19-6-10-24(33(41)42)26(13-19)31(39)35-18(3)4/h5-18,37-38H,1-4H3,(H,35,39)(H,36,40)(H,41,42)(H,43,44). The van der Waals surface area contributed by atoms with Gasteiger partial charge in [0, 0.05) is 6.04 Å². The highest BCUT2D eigenvalue weighted by Gasteiger charge is 2.22. The number of nitrogens with one attached hydrogen (secondary N) is 2. The molecule has 0 aliphatic rings. The van der Waals surface area contributed by atoms with E-state index in [1.807, 2.05) is 19.9 Å². The Morgan fingerprint density at radius 2 is 1.02 bits per heavy atom. The van der Waals surface area contributed by atoms with Gasteiger partial charge in [-0.05, 0) is 90.0 Å². The van der Waals surface area contributed by atoms with Crippen molar-refractivity contribution in [1.29, 1.82) is 0 Å². The third-order valence-electron chi connectivity index (χ3n) is 6.97. The van der Waals surface area contributed by atoms with Gasteiger partial charge in [-0.3, -0.25) is 9.59 Å². The Hall–Kier alpha value is -5.64. The molecular formula is C34H32N2O8. The number of carboxylic acid groups (broad SMARTS) is 2. The number of carbonyl (C=O) groups is 4. The predicted molar refractivity (Wildman–Crippen MR) is 166 cm³/mol. The highest BCUT2D eigenvalue weighted by Crippen LogP contribution is 2.35. The zero-order chi connectivity index (χ0) is 32.3. The SMILES string of the molecule is CC(C)NC(=O)c1cc(-c2ccc(C(=O)O)c(C(=O)Nc3ccc(-c4ccc(C(C)C)c(O)c4)cc3O)c2)ccc1C(=O)O. The first-order valence-electron chi connectivity index (χ1n) is 13.8. The molecule has 0 aliphatic carbocycles. The van der Waals surface area contributed by atoms with Crippen molar-refractivity contribution in [1.82, 2.24) is 5.32 Å². The number of hydrogen-bond acceptors (Lipinski definition) is 6. The fourth-order valence-electron chi connectivity index (χ4n) is 4.75. The van der Waals surface area contributed by atoms with Crippen LogP contribution in [0.2, 0.25) is 0 Å². The van der Waals surface area contributed by atoms with Crippen LogP contribution in [0.5, 0.6) is 11.5 Å². The maximum Gasteiger partial charge on any atom is 0.336 e. The van der Waals surface area contributed by atoms with Crippen LogP contribution in [0.4, 0.5) is 5.69 Å². The second kappa shape index (κ2) is 12.7. The Bertz CT molecular complexity index is 1790. The van der Waals surface area contributed by atoms with Gasteiger partial charge >= 0.3 is 11.9 Å². The lowest BCUT2D eigenvalue weighted by molar-refractivity contribution is 0.0683. The summed E-state index contributed by atoms with van der Waals surface area (Å²) in [7, 11) is 0. The van der Waals surface area contributed by atoms with Crippen LogP contribution >= 0.6 is 0 Å². The molecule has 44 heavy (non-hydrogen) atoms. The molecular weight excluding hydrogens is 564 g/mol. The van der Waals surface area contributed by atoms with Gasteiger partial charge in [-0.25, -0.2) is 9.59 Å². The molecule has 10 heteroatoms. The third-order valence-corrected chi connectivity index (χ3v) is 6.97. The minimum atomic E-state index is -1.36. The summed E-state index contributed by atoms with van der Waals surface area (Å²) in [6.45, 7) is 7.39. The molecule has 0 bridgehead atoms. The molecule has 2 amide bonds. The second-order valence-electron chi connectivity index (χ2n) is 10.9. The largest absolute Gasteiger partial charge is 0.508 e. The molecule has 226 valence electrons. The smallest absolute Gasteiger partial charge is 0.336 e. The normalized spacial score (nSPS) is 11.0. The van der Waals surface area contributed by atoms with Crippen LogP contribution in [-0.4, -0.2) is 50.2 Å². The van der Waals surface area contributed by atoms with E-state index in [0.717, 1.165) is 5.56 Å². The van der Waals surface area contributed by atoms with E-state index in [2.05, 4.69) is 10.6 Å². The van der Waals surface area contributed by atoms with E-state index in [0.29, 0.717) is 22.3 Å². The molecule has 0 saturated heterocycles. The van der Waals surface area contributed by atoms with Gasteiger partial charge < -0.3 is 31.1 Å². The Balaban J connectivity index is 1.68. The van der Waals surface area contributed by atoms with E-state index in [-0.39, 0.29) is 51.4 Å². The number of hydrogen-bond donors (Lipinski definition) is 6. The van der Waals surface area contributed by atoms with Gasteiger partial charge in [0.2, 0.25) is 0 Å². The van der Waals surface area contributed by atoms with Gasteiger partial charge in [0.1, 0.15) is 11.5 Å². The molecule has 0 unspecified atom stereocenters. The monoisotopic (exact) mass is 596 g/mol. The zero-order valence-corrected chi connectivity index (χ0v) is 24.5. The Morgan fingerprint density at radius 3 is 1.48 bits per heavy atom. The van der Waals surface area contributed by atoms with Crippen molar-refractivity contribution in [3.63, 3.8) is 0 Å². The van der Waals surface area contributed by atoms with E-state index in [1.54, 1.807) is 32.0 Å². The molecule has 10 nitrogen and oxygen atoms in total. The Morgan fingerprint density at radius 1 is 0.568 bits per heavy atom. The third kappa shape index (κ3) is 6.70. The first kappa shape index (κ1) is 31.3. The summed E-state index contributed by atoms with van der Waals surface area (Å²) < 4.78 is 0. The van der Waals surface area contributed by atoms with E-state index in [1.165, 1.54) is 48.5 Å². The van der Waals surface area contributed by atoms with Gasteiger partial charge in [0.05, 0.1) is 27.9 Å². The first-order chi connectivity index (χ1) is 20.8. The van der Waals surface area contributed by atoms with Crippen LogP contribution in [0, 0.1) is 0 Å². The quantitative estimate of drug-likeness (QED) is 0.121. The molecule has 0 aliphatic heterocycles. The van der Waals surface area contributed by atoms with Crippen LogP contribution < -0.4 is 10.6 Å². The van der Waals surface area contributed by atoms with Gasteiger partial charge in [-0.2, -0.15) is 0 Å². The molecule has 0 spiro atoms. The number of aromatic carboxylic acids is 2. The molecule has 0 heterocycles. The molecule has 0 aromatic heterocycles. The van der Waals surface area contributed by atoms with E-state index < -0.39 is 23.8 Å². The maximum absolute atomic E-state index is 13.4. The summed E-state index contributed by atoms with van der Waals surface area (Å²) >= 11 is 0. The molecule has 4 rings (SSSR count). The number of carboxylic acids is 2. The molecule has 0 radical (unpaired) electrons. The summed E-state index contributed by atoms with van der Waals surface area (Å²) in [6.07, 6.45) is 0. The van der Waals surface area contributed by atoms with Crippen molar-refractivity contribution < 1.29 is 39.6 Å². The topological polar surface area (TPSA) is 173 Å². The van der Waals surface area contributed by atoms with E-state index in [4.69, 9.17) is 0 Å². The second-order valence-corrected chi connectivity index (χ2v) is 10.9. The first-order valence-corrected chi connectivity index (χ1v) is 13.8. The lowest BCUT2D eigenvalue weighted by atomic mass is 9.95. The van der Waals surface area contributed by atoms with E-state index in [9.17, 15) is 39.6 Å². The molecule has 0 fully saturated rings. The highest BCUT2D eigenvalue weighted by atomic mass is 16.4. The zero-order valence-electron chi connectivity index (χ0n) is 24.5. The number of aromatic hydroxyl groups is 2. The number of benzene rings is 4. The average Bonchev–Trinajstić information content (AvgIpc) is 2.96. The number of phenols is 2. The van der Waals surface area contributed by atoms with Crippen molar-refractivity contribution in [3.05, 3.63) is 101 Å². The summed E-state index contributed by atoms with van der Waals surface area (Å²) in [5.41, 5.74) is 1.97. The van der Waals surface area contributed by atoms with Gasteiger partial charge in [-0.15, -0.1) is 0 Å². The van der Waals surface area contributed by atoms with Crippen LogP contribution in [0.15, 0.2) is 72.8 Å². The summed E-state index contributed by atoms with van der Waals surface area (Å²) in [4.78, 5) is 49.8. The summed E-state index contributed by atoms with van der Waals surface area (Å²) in [6, 6.07) is 17.6. The lowest BCUT2D eigenvalue weighted by Crippen LogP contribution is -2.31. The Labute approximate surface area is 253 Å². The van der Waals surface area contributed by atoms with Crippen molar-refractivity contribution in [2.24, 2.45) is 0 Å². The number of phenolic OH excluding ortho intramolecular Hbond substituents is 2. The van der Waals surface area contributed by atoms with Crippen molar-refractivity contribution >= 4 is 29.4 Å². The molecule has 0 atom stereocenters. The van der Waals surface area contributed by atoms with Gasteiger partial charge in [0.25, 0.3) is 11.8 Å². The lowest BCUT2D eigenvalue weighted by Gasteiger charge is -2.14. The number of rotatable bonds is 9. The van der Waals surface area contributed by atoms with Crippen LogP contribution in [0.1, 0.15) is 80.6 Å². The number of carbonyl (C=O) groups excluding carboxylic acids is 2. The maximum atomic E-state index is 13.4. The summed E-state index contributed by atoms with van der Waals surface area (Å²) in [5, 5.41) is 45.6. The minimum absolute atomic E-state index is 0.0296. The minimum Gasteiger partial charge on any atom is -0.508 e. The molecule has 0 saturated carbocycles. The van der Waals surface area contributed by atoms with Crippen molar-refractivity contribution in [3.8, 4) is 33.8 Å². The molecule has 4 aromatic rings. The number of anilines is 1. The molecule has 4 aromatic carbocycles. The average molecular weight is 597 g/mol. The molecule has 6 N–H and O–H groups in total. The van der Waals surface area contributed by atoms with Crippen LogP contribution in [0.3, 0.4) is 0 Å². The van der Waals surface area contributed by atoms with Crippen molar-refractivity contribution in [2.45, 2.75) is 39.7 Å².